The van der Waals surface area contributed by atoms with Crippen molar-refractivity contribution < 1.29 is 22.7 Å². The van der Waals surface area contributed by atoms with Crippen molar-refractivity contribution >= 4 is 33.6 Å². The second-order valence-electron chi connectivity index (χ2n) is 6.44. The molecule has 152 valence electrons. The van der Waals surface area contributed by atoms with Crippen molar-refractivity contribution in [2.75, 3.05) is 51.7 Å². The molecule has 1 aromatic carbocycles. The van der Waals surface area contributed by atoms with E-state index in [0.717, 1.165) is 28.0 Å². The highest BCUT2D eigenvalue weighted by atomic mass is 79.9. The highest BCUT2D eigenvalue weighted by molar-refractivity contribution is 9.10. The fourth-order valence-corrected chi connectivity index (χ4v) is 4.19. The predicted octanol–water partition coefficient (Wildman–Crippen LogP) is 3.96. The molecule has 9 heteroatoms. The molecule has 1 amide bonds. The van der Waals surface area contributed by atoms with E-state index >= 15 is 0 Å². The number of carbonyl (C=O) groups is 1. The van der Waals surface area contributed by atoms with Crippen LogP contribution in [0.2, 0.25) is 0 Å². The molecule has 0 atom stereocenters. The summed E-state index contributed by atoms with van der Waals surface area (Å²) in [6.07, 6.45) is -3.71. The largest absolute Gasteiger partial charge is 0.411 e. The van der Waals surface area contributed by atoms with Gasteiger partial charge in [0, 0.05) is 48.7 Å². The maximum Gasteiger partial charge on any atom is 0.411 e. The molecule has 0 aliphatic carbocycles. The summed E-state index contributed by atoms with van der Waals surface area (Å²) in [5, 5.41) is 0. The Hall–Kier alpha value is -0.770. The average Bonchev–Trinajstić information content (AvgIpc) is 2.60. The summed E-state index contributed by atoms with van der Waals surface area (Å²) in [4.78, 5) is 17.5. The standard InChI is InChI=1S/C18H24BrF3N2O2S/c1-14-11-15(19)3-4-16(14)27-12-17(25)24-8-6-23(7-9-24)5-2-10-26-13-18(20,21)22/h3-4,11H,2,5-10,12-13H2,1H3. The summed E-state index contributed by atoms with van der Waals surface area (Å²) < 4.78 is 41.6. The quantitative estimate of drug-likeness (QED) is 0.426. The molecular weight excluding hydrogens is 445 g/mol. The van der Waals surface area contributed by atoms with Gasteiger partial charge in [0.2, 0.25) is 5.91 Å². The van der Waals surface area contributed by atoms with Crippen LogP contribution < -0.4 is 0 Å². The Morgan fingerprint density at radius 1 is 1.26 bits per heavy atom. The molecule has 27 heavy (non-hydrogen) atoms. The van der Waals surface area contributed by atoms with Gasteiger partial charge in [-0.1, -0.05) is 15.9 Å². The van der Waals surface area contributed by atoms with Crippen molar-refractivity contribution in [1.82, 2.24) is 9.80 Å². The van der Waals surface area contributed by atoms with Gasteiger partial charge in [0.25, 0.3) is 0 Å². The van der Waals surface area contributed by atoms with Crippen LogP contribution in [0, 0.1) is 6.92 Å². The van der Waals surface area contributed by atoms with Crippen molar-refractivity contribution in [1.29, 1.82) is 0 Å². The van der Waals surface area contributed by atoms with Crippen molar-refractivity contribution in [3.63, 3.8) is 0 Å². The number of hydrogen-bond acceptors (Lipinski definition) is 4. The Bertz CT molecular complexity index is 623. The molecule has 1 fully saturated rings. The van der Waals surface area contributed by atoms with E-state index in [0.29, 0.717) is 31.8 Å². The molecule has 1 heterocycles. The first kappa shape index (κ1) is 22.5. The van der Waals surface area contributed by atoms with E-state index in [2.05, 4.69) is 25.6 Å². The van der Waals surface area contributed by atoms with Crippen LogP contribution >= 0.6 is 27.7 Å². The van der Waals surface area contributed by atoms with E-state index in [4.69, 9.17) is 0 Å². The molecule has 2 rings (SSSR count). The van der Waals surface area contributed by atoms with Gasteiger partial charge >= 0.3 is 6.18 Å². The molecule has 1 aromatic rings. The van der Waals surface area contributed by atoms with Crippen LogP contribution in [-0.2, 0) is 9.53 Å². The number of benzene rings is 1. The Balaban J connectivity index is 1.62. The first-order chi connectivity index (χ1) is 12.7. The molecule has 0 spiro atoms. The monoisotopic (exact) mass is 468 g/mol. The number of nitrogens with zero attached hydrogens (tertiary/aromatic N) is 2. The topological polar surface area (TPSA) is 32.8 Å². The summed E-state index contributed by atoms with van der Waals surface area (Å²) in [6.45, 7) is 4.42. The van der Waals surface area contributed by atoms with Crippen LogP contribution in [0.1, 0.15) is 12.0 Å². The van der Waals surface area contributed by atoms with E-state index in [1.165, 1.54) is 0 Å². The van der Waals surface area contributed by atoms with Gasteiger partial charge < -0.3 is 9.64 Å². The van der Waals surface area contributed by atoms with Crippen molar-refractivity contribution in [3.05, 3.63) is 28.2 Å². The van der Waals surface area contributed by atoms with E-state index < -0.39 is 12.8 Å². The number of piperazine rings is 1. The van der Waals surface area contributed by atoms with Crippen molar-refractivity contribution in [2.24, 2.45) is 0 Å². The van der Waals surface area contributed by atoms with Gasteiger partial charge in [-0.2, -0.15) is 13.2 Å². The zero-order valence-electron chi connectivity index (χ0n) is 15.2. The third-order valence-corrected chi connectivity index (χ3v) is 5.90. The molecule has 1 saturated heterocycles. The van der Waals surface area contributed by atoms with E-state index in [-0.39, 0.29) is 12.5 Å². The number of carbonyl (C=O) groups excluding carboxylic acids is 1. The number of rotatable bonds is 8. The Labute approximate surface area is 170 Å². The lowest BCUT2D eigenvalue weighted by Gasteiger charge is -2.34. The van der Waals surface area contributed by atoms with Crippen LogP contribution in [0.15, 0.2) is 27.6 Å². The summed E-state index contributed by atoms with van der Waals surface area (Å²) in [7, 11) is 0. The minimum absolute atomic E-state index is 0.0990. The zero-order valence-corrected chi connectivity index (χ0v) is 17.6. The fourth-order valence-electron chi connectivity index (χ4n) is 2.80. The lowest BCUT2D eigenvalue weighted by atomic mass is 10.2. The molecule has 0 aromatic heterocycles. The molecule has 1 aliphatic rings. The lowest BCUT2D eigenvalue weighted by molar-refractivity contribution is -0.174. The second kappa shape index (κ2) is 10.7. The summed E-state index contributed by atoms with van der Waals surface area (Å²) in [5.41, 5.74) is 1.14. The third-order valence-electron chi connectivity index (χ3n) is 4.24. The van der Waals surface area contributed by atoms with Crippen LogP contribution in [0.25, 0.3) is 0 Å². The summed E-state index contributed by atoms with van der Waals surface area (Å²) >= 11 is 4.98. The fraction of sp³-hybridized carbons (Fsp3) is 0.611. The highest BCUT2D eigenvalue weighted by Crippen LogP contribution is 2.25. The van der Waals surface area contributed by atoms with Crippen LogP contribution in [0.4, 0.5) is 13.2 Å². The number of ether oxygens (including phenoxy) is 1. The zero-order chi connectivity index (χ0) is 19.9. The molecule has 0 unspecified atom stereocenters. The number of halogens is 4. The molecule has 0 N–H and O–H groups in total. The number of thioether (sulfide) groups is 1. The molecule has 0 bridgehead atoms. The van der Waals surface area contributed by atoms with Crippen LogP contribution in [0.5, 0.6) is 0 Å². The number of amides is 1. The van der Waals surface area contributed by atoms with Gasteiger partial charge in [0.15, 0.2) is 0 Å². The van der Waals surface area contributed by atoms with Gasteiger partial charge in [-0.15, -0.1) is 11.8 Å². The smallest absolute Gasteiger partial charge is 0.372 e. The number of hydrogen-bond donors (Lipinski definition) is 0. The normalized spacial score (nSPS) is 16.0. The van der Waals surface area contributed by atoms with Gasteiger partial charge in [-0.25, -0.2) is 0 Å². The maximum absolute atomic E-state index is 12.4. The van der Waals surface area contributed by atoms with Crippen LogP contribution in [-0.4, -0.2) is 73.6 Å². The van der Waals surface area contributed by atoms with Crippen LogP contribution in [0.3, 0.4) is 0 Å². The third kappa shape index (κ3) is 8.41. The van der Waals surface area contributed by atoms with Gasteiger partial charge in [-0.05, 0) is 37.1 Å². The molecule has 0 saturated carbocycles. The molecule has 0 radical (unpaired) electrons. The van der Waals surface area contributed by atoms with Crippen molar-refractivity contribution in [3.8, 4) is 0 Å². The number of alkyl halides is 3. The first-order valence-corrected chi connectivity index (χ1v) is 10.6. The average molecular weight is 469 g/mol. The Kier molecular flexibility index (Phi) is 8.91. The molecule has 1 aliphatic heterocycles. The molecule has 4 nitrogen and oxygen atoms in total. The minimum atomic E-state index is -4.27. The lowest BCUT2D eigenvalue weighted by Crippen LogP contribution is -2.49. The highest BCUT2D eigenvalue weighted by Gasteiger charge is 2.27. The van der Waals surface area contributed by atoms with E-state index in [1.807, 2.05) is 30.0 Å². The van der Waals surface area contributed by atoms with E-state index in [1.54, 1.807) is 11.8 Å². The Morgan fingerprint density at radius 2 is 1.96 bits per heavy atom. The maximum atomic E-state index is 12.4. The van der Waals surface area contributed by atoms with Crippen molar-refractivity contribution in [2.45, 2.75) is 24.4 Å². The Morgan fingerprint density at radius 3 is 2.59 bits per heavy atom. The number of aryl methyl sites for hydroxylation is 1. The second-order valence-corrected chi connectivity index (χ2v) is 8.38. The van der Waals surface area contributed by atoms with Gasteiger partial charge in [-0.3, -0.25) is 9.69 Å². The first-order valence-electron chi connectivity index (χ1n) is 8.78. The SMILES string of the molecule is Cc1cc(Br)ccc1SCC(=O)N1CCN(CCCOCC(F)(F)F)CC1. The minimum Gasteiger partial charge on any atom is -0.372 e. The summed E-state index contributed by atoms with van der Waals surface area (Å²) in [6, 6.07) is 6.01. The van der Waals surface area contributed by atoms with Gasteiger partial charge in [0.1, 0.15) is 6.61 Å². The van der Waals surface area contributed by atoms with Gasteiger partial charge in [0.05, 0.1) is 5.75 Å². The van der Waals surface area contributed by atoms with E-state index in [9.17, 15) is 18.0 Å². The summed E-state index contributed by atoms with van der Waals surface area (Å²) in [5.74, 6) is 0.531. The molecular formula is C18H24BrF3N2O2S. The predicted molar refractivity (Wildman–Crippen MR) is 104 cm³/mol.